The number of hydrogen-bond acceptors (Lipinski definition) is 4. The number of carbonyl (C=O) groups excluding carboxylic acids is 1. The summed E-state index contributed by atoms with van der Waals surface area (Å²) in [7, 11) is -3.48. The van der Waals surface area contributed by atoms with Gasteiger partial charge in [-0.3, -0.25) is 9.10 Å². The molecule has 0 spiro atoms. The van der Waals surface area contributed by atoms with Crippen LogP contribution in [0.25, 0.3) is 0 Å². The van der Waals surface area contributed by atoms with E-state index < -0.39 is 10.0 Å². The minimum Gasteiger partial charge on any atom is -0.494 e. The van der Waals surface area contributed by atoms with Crippen molar-refractivity contribution in [3.05, 3.63) is 94.5 Å². The number of nitrogens with zero attached hydrogens (tertiary/aromatic N) is 1. The molecule has 7 heteroatoms. The fraction of sp³-hybridized carbons (Fsp3) is 0.296. The summed E-state index contributed by atoms with van der Waals surface area (Å²) < 4.78 is 31.8. The summed E-state index contributed by atoms with van der Waals surface area (Å²) in [6, 6.07) is 20.1. The summed E-state index contributed by atoms with van der Waals surface area (Å²) in [6.45, 7) is 8.60. The molecule has 0 fully saturated rings. The van der Waals surface area contributed by atoms with Crippen molar-refractivity contribution in [1.82, 2.24) is 5.32 Å². The second-order valence-corrected chi connectivity index (χ2v) is 10.3. The Morgan fingerprint density at radius 3 is 2.18 bits per heavy atom. The molecule has 0 bridgehead atoms. The van der Waals surface area contributed by atoms with Crippen molar-refractivity contribution in [1.29, 1.82) is 0 Å². The van der Waals surface area contributed by atoms with Crippen LogP contribution in [0, 0.1) is 13.8 Å². The van der Waals surface area contributed by atoms with Gasteiger partial charge in [0.1, 0.15) is 5.75 Å². The number of carbonyl (C=O) groups is 1. The van der Waals surface area contributed by atoms with Crippen LogP contribution in [0.5, 0.6) is 5.75 Å². The van der Waals surface area contributed by atoms with Crippen molar-refractivity contribution in [3.63, 3.8) is 0 Å². The maximum Gasteiger partial charge on any atom is 0.251 e. The van der Waals surface area contributed by atoms with Gasteiger partial charge in [0.25, 0.3) is 5.91 Å². The second-order valence-electron chi connectivity index (χ2n) is 8.43. The molecule has 6 nitrogen and oxygen atoms in total. The lowest BCUT2D eigenvalue weighted by Crippen LogP contribution is -2.29. The SMILES string of the molecule is CCOc1ccc([C@H](C)NC(=O)c2ccc(CN(c3ccc(C)c(C)c3)S(C)(=O)=O)cc2)cc1. The maximum absolute atomic E-state index is 12.7. The Morgan fingerprint density at radius 2 is 1.62 bits per heavy atom. The first-order valence-corrected chi connectivity index (χ1v) is 13.1. The summed E-state index contributed by atoms with van der Waals surface area (Å²) in [5.41, 5.74) is 5.03. The maximum atomic E-state index is 12.7. The first kappa shape index (κ1) is 25.3. The summed E-state index contributed by atoms with van der Waals surface area (Å²) >= 11 is 0. The van der Waals surface area contributed by atoms with Crippen molar-refractivity contribution in [2.75, 3.05) is 17.2 Å². The first-order valence-electron chi connectivity index (χ1n) is 11.3. The van der Waals surface area contributed by atoms with Gasteiger partial charge in [0.05, 0.1) is 31.1 Å². The Labute approximate surface area is 202 Å². The van der Waals surface area contributed by atoms with Crippen molar-refractivity contribution >= 4 is 21.6 Å². The average Bonchev–Trinajstić information content (AvgIpc) is 2.79. The monoisotopic (exact) mass is 480 g/mol. The van der Waals surface area contributed by atoms with E-state index in [9.17, 15) is 13.2 Å². The van der Waals surface area contributed by atoms with E-state index in [4.69, 9.17) is 4.74 Å². The van der Waals surface area contributed by atoms with Crippen LogP contribution in [0.1, 0.15) is 52.5 Å². The summed E-state index contributed by atoms with van der Waals surface area (Å²) in [5.74, 6) is 0.603. The largest absolute Gasteiger partial charge is 0.494 e. The lowest BCUT2D eigenvalue weighted by Gasteiger charge is -2.23. The molecule has 0 saturated heterocycles. The molecule has 0 heterocycles. The molecule has 0 radical (unpaired) electrons. The molecule has 1 amide bonds. The normalized spacial score (nSPS) is 12.1. The molecule has 0 saturated carbocycles. The van der Waals surface area contributed by atoms with Gasteiger partial charge in [0, 0.05) is 5.56 Å². The highest BCUT2D eigenvalue weighted by Gasteiger charge is 2.19. The van der Waals surface area contributed by atoms with Crippen LogP contribution in [-0.4, -0.2) is 27.2 Å². The number of nitrogens with one attached hydrogen (secondary N) is 1. The minimum atomic E-state index is -3.48. The van der Waals surface area contributed by atoms with Crippen molar-refractivity contribution < 1.29 is 17.9 Å². The molecule has 0 aliphatic carbocycles. The van der Waals surface area contributed by atoms with E-state index in [1.54, 1.807) is 24.3 Å². The van der Waals surface area contributed by atoms with Gasteiger partial charge in [0.15, 0.2) is 0 Å². The zero-order valence-electron chi connectivity index (χ0n) is 20.3. The van der Waals surface area contributed by atoms with Crippen LogP contribution >= 0.6 is 0 Å². The van der Waals surface area contributed by atoms with E-state index in [1.807, 2.05) is 70.2 Å². The first-order chi connectivity index (χ1) is 16.1. The molecule has 1 atom stereocenters. The van der Waals surface area contributed by atoms with E-state index >= 15 is 0 Å². The molecule has 180 valence electrons. The highest BCUT2D eigenvalue weighted by Crippen LogP contribution is 2.24. The van der Waals surface area contributed by atoms with E-state index in [-0.39, 0.29) is 18.5 Å². The summed E-state index contributed by atoms with van der Waals surface area (Å²) in [6.07, 6.45) is 1.20. The zero-order valence-corrected chi connectivity index (χ0v) is 21.1. The predicted octanol–water partition coefficient (Wildman–Crippen LogP) is 5.16. The van der Waals surface area contributed by atoms with Crippen LogP contribution in [-0.2, 0) is 16.6 Å². The summed E-state index contributed by atoms with van der Waals surface area (Å²) in [5, 5.41) is 3.00. The lowest BCUT2D eigenvalue weighted by molar-refractivity contribution is 0.0940. The number of amides is 1. The van der Waals surface area contributed by atoms with Gasteiger partial charge in [-0.1, -0.05) is 30.3 Å². The second kappa shape index (κ2) is 10.7. The van der Waals surface area contributed by atoms with Crippen molar-refractivity contribution in [3.8, 4) is 5.75 Å². The van der Waals surface area contributed by atoms with E-state index in [0.29, 0.717) is 17.9 Å². The van der Waals surface area contributed by atoms with Gasteiger partial charge in [-0.2, -0.15) is 0 Å². The number of rotatable bonds is 9. The topological polar surface area (TPSA) is 75.7 Å². The molecule has 1 N–H and O–H groups in total. The van der Waals surface area contributed by atoms with E-state index in [1.165, 1.54) is 10.6 Å². The molecule has 0 aliphatic heterocycles. The predicted molar refractivity (Wildman–Crippen MR) is 137 cm³/mol. The minimum absolute atomic E-state index is 0.173. The van der Waals surface area contributed by atoms with Crippen LogP contribution in [0.15, 0.2) is 66.7 Å². The zero-order chi connectivity index (χ0) is 24.9. The Morgan fingerprint density at radius 1 is 0.971 bits per heavy atom. The van der Waals surface area contributed by atoms with Crippen LogP contribution in [0.2, 0.25) is 0 Å². The fourth-order valence-corrected chi connectivity index (χ4v) is 4.47. The third kappa shape index (κ3) is 6.38. The Balaban J connectivity index is 1.70. The van der Waals surface area contributed by atoms with Gasteiger partial charge >= 0.3 is 0 Å². The van der Waals surface area contributed by atoms with Gasteiger partial charge in [-0.15, -0.1) is 0 Å². The van der Waals surface area contributed by atoms with Gasteiger partial charge in [0.2, 0.25) is 10.0 Å². The molecule has 0 unspecified atom stereocenters. The van der Waals surface area contributed by atoms with Gasteiger partial charge < -0.3 is 10.1 Å². The van der Waals surface area contributed by atoms with Crippen molar-refractivity contribution in [2.24, 2.45) is 0 Å². The van der Waals surface area contributed by atoms with E-state index in [0.717, 1.165) is 28.0 Å². The third-order valence-corrected chi connectivity index (χ3v) is 6.90. The highest BCUT2D eigenvalue weighted by molar-refractivity contribution is 7.92. The standard InChI is InChI=1S/C27H32N2O4S/c1-6-33-26-15-12-23(13-16-26)21(4)28-27(30)24-10-8-22(9-11-24)18-29(34(5,31)32)25-14-7-19(2)20(3)17-25/h7-17,21H,6,18H2,1-5H3,(H,28,30)/t21-/m0/s1. The smallest absolute Gasteiger partial charge is 0.251 e. The number of benzene rings is 3. The van der Waals surface area contributed by atoms with Crippen molar-refractivity contribution in [2.45, 2.75) is 40.3 Å². The Hall–Kier alpha value is -3.32. The number of hydrogen-bond donors (Lipinski definition) is 1. The number of anilines is 1. The molecule has 3 aromatic rings. The molecule has 34 heavy (non-hydrogen) atoms. The Kier molecular flexibility index (Phi) is 7.99. The van der Waals surface area contributed by atoms with E-state index in [2.05, 4.69) is 5.32 Å². The van der Waals surface area contributed by atoms with Gasteiger partial charge in [-0.05, 0) is 86.3 Å². The highest BCUT2D eigenvalue weighted by atomic mass is 32.2. The number of ether oxygens (including phenoxy) is 1. The molecule has 3 aromatic carbocycles. The Bertz CT molecular complexity index is 1240. The molecule has 3 rings (SSSR count). The van der Waals surface area contributed by atoms with Crippen LogP contribution in [0.3, 0.4) is 0 Å². The quantitative estimate of drug-likeness (QED) is 0.459. The fourth-order valence-electron chi connectivity index (χ4n) is 3.59. The summed E-state index contributed by atoms with van der Waals surface area (Å²) in [4.78, 5) is 12.7. The average molecular weight is 481 g/mol. The van der Waals surface area contributed by atoms with Crippen LogP contribution < -0.4 is 14.4 Å². The molecular weight excluding hydrogens is 448 g/mol. The van der Waals surface area contributed by atoms with Gasteiger partial charge in [-0.25, -0.2) is 8.42 Å². The number of aryl methyl sites for hydroxylation is 2. The lowest BCUT2D eigenvalue weighted by atomic mass is 10.1. The number of sulfonamides is 1. The third-order valence-electron chi connectivity index (χ3n) is 5.76. The molecule has 0 aliphatic rings. The molecule has 0 aromatic heterocycles. The molecular formula is C27H32N2O4S. The van der Waals surface area contributed by atoms with Crippen LogP contribution in [0.4, 0.5) is 5.69 Å².